The van der Waals surface area contributed by atoms with Crippen molar-refractivity contribution in [2.24, 2.45) is 21.7 Å². The van der Waals surface area contributed by atoms with E-state index in [2.05, 4.69) is 25.4 Å². The van der Waals surface area contributed by atoms with Crippen molar-refractivity contribution in [3.8, 4) is 0 Å². The summed E-state index contributed by atoms with van der Waals surface area (Å²) in [5, 5.41) is 24.9. The van der Waals surface area contributed by atoms with E-state index in [4.69, 9.17) is 11.5 Å². The van der Waals surface area contributed by atoms with Crippen molar-refractivity contribution in [3.63, 3.8) is 0 Å². The zero-order chi connectivity index (χ0) is 15.2. The number of rotatable bonds is 5. The van der Waals surface area contributed by atoms with Crippen LogP contribution in [0.2, 0.25) is 0 Å². The maximum Gasteiger partial charge on any atom is 0.283 e. The molecule has 0 aliphatic heterocycles. The van der Waals surface area contributed by atoms with E-state index in [0.29, 0.717) is 15.6 Å². The van der Waals surface area contributed by atoms with Gasteiger partial charge in [-0.25, -0.2) is 4.98 Å². The van der Waals surface area contributed by atoms with E-state index in [1.165, 1.54) is 18.6 Å². The molecule has 0 saturated heterocycles. The number of nitrogens with one attached hydrogen (secondary N) is 1. The molecular weight excluding hydrogens is 296 g/mol. The first-order valence-corrected chi connectivity index (χ1v) is 6.31. The molecule has 0 unspecified atom stereocenters. The number of benzene rings is 1. The molecule has 11 heteroatoms. The summed E-state index contributed by atoms with van der Waals surface area (Å²) >= 11 is 1.10. The summed E-state index contributed by atoms with van der Waals surface area (Å²) < 4.78 is 0. The van der Waals surface area contributed by atoms with Crippen LogP contribution in [-0.2, 0) is 0 Å². The van der Waals surface area contributed by atoms with Gasteiger partial charge in [-0.15, -0.1) is 5.10 Å². The highest BCUT2D eigenvalue weighted by molar-refractivity contribution is 7.99. The Hall–Kier alpha value is -2.95. The Morgan fingerprint density at radius 1 is 1.48 bits per heavy atom. The van der Waals surface area contributed by atoms with Crippen molar-refractivity contribution >= 4 is 29.6 Å². The third-order valence-electron chi connectivity index (χ3n) is 2.16. The van der Waals surface area contributed by atoms with Crippen molar-refractivity contribution in [2.75, 3.05) is 0 Å². The molecule has 0 saturated carbocycles. The van der Waals surface area contributed by atoms with E-state index in [-0.39, 0.29) is 11.6 Å². The molecule has 10 nitrogen and oxygen atoms in total. The quantitative estimate of drug-likeness (QED) is 0.313. The first kappa shape index (κ1) is 14.5. The van der Waals surface area contributed by atoms with Crippen molar-refractivity contribution in [2.45, 2.75) is 10.1 Å². The minimum Gasteiger partial charge on any atom is -0.369 e. The van der Waals surface area contributed by atoms with E-state index < -0.39 is 4.92 Å². The van der Waals surface area contributed by atoms with Gasteiger partial charge in [0.2, 0.25) is 5.96 Å². The second-order valence-electron chi connectivity index (χ2n) is 3.65. The van der Waals surface area contributed by atoms with Crippen molar-refractivity contribution in [1.29, 1.82) is 0 Å². The summed E-state index contributed by atoms with van der Waals surface area (Å²) in [6.07, 6.45) is 2.64. The summed E-state index contributed by atoms with van der Waals surface area (Å²) in [6.45, 7) is 0. The molecule has 2 aromatic rings. The molecule has 0 amide bonds. The van der Waals surface area contributed by atoms with Crippen LogP contribution in [0.1, 0.15) is 5.56 Å². The van der Waals surface area contributed by atoms with Crippen LogP contribution in [0, 0.1) is 10.1 Å². The van der Waals surface area contributed by atoms with Gasteiger partial charge in [0.1, 0.15) is 6.33 Å². The van der Waals surface area contributed by atoms with Crippen LogP contribution >= 0.6 is 11.8 Å². The molecular formula is C10H10N8O2S. The van der Waals surface area contributed by atoms with Gasteiger partial charge >= 0.3 is 0 Å². The van der Waals surface area contributed by atoms with Crippen LogP contribution < -0.4 is 11.5 Å². The molecule has 0 fully saturated rings. The van der Waals surface area contributed by atoms with Crippen molar-refractivity contribution in [3.05, 3.63) is 40.2 Å². The number of nitro groups is 1. The Kier molecular flexibility index (Phi) is 4.46. The van der Waals surface area contributed by atoms with E-state index in [1.807, 2.05) is 0 Å². The Morgan fingerprint density at radius 2 is 2.29 bits per heavy atom. The van der Waals surface area contributed by atoms with E-state index >= 15 is 0 Å². The molecule has 1 aromatic carbocycles. The fourth-order valence-corrected chi connectivity index (χ4v) is 2.13. The van der Waals surface area contributed by atoms with Crippen LogP contribution in [0.5, 0.6) is 0 Å². The smallest absolute Gasteiger partial charge is 0.283 e. The molecule has 2 rings (SSSR count). The Labute approximate surface area is 122 Å². The van der Waals surface area contributed by atoms with Crippen LogP contribution in [0.4, 0.5) is 5.69 Å². The van der Waals surface area contributed by atoms with Crippen LogP contribution in [0.3, 0.4) is 0 Å². The predicted octanol–water partition coefficient (Wildman–Crippen LogP) is 0.471. The van der Waals surface area contributed by atoms with Gasteiger partial charge in [-0.1, -0.05) is 6.07 Å². The van der Waals surface area contributed by atoms with Gasteiger partial charge in [0.15, 0.2) is 5.16 Å². The molecule has 0 aliphatic carbocycles. The number of hydrogen-bond acceptors (Lipinski definition) is 7. The molecule has 0 spiro atoms. The molecule has 21 heavy (non-hydrogen) atoms. The van der Waals surface area contributed by atoms with Crippen LogP contribution in [0.25, 0.3) is 0 Å². The lowest BCUT2D eigenvalue weighted by atomic mass is 10.2. The lowest BCUT2D eigenvalue weighted by Crippen LogP contribution is -2.21. The lowest BCUT2D eigenvalue weighted by molar-refractivity contribution is -0.387. The second-order valence-corrected chi connectivity index (χ2v) is 4.68. The number of H-pyrrole nitrogens is 1. The summed E-state index contributed by atoms with van der Waals surface area (Å²) in [7, 11) is 0. The standard InChI is InChI=1S/C10H10N8O2S/c11-9(12)16-14-4-6-1-2-8(7(3-6)18(19)20)21-10-13-5-15-17-10/h1-5H,(H4,11,12,16)(H,13,15,17)/b14-4-. The summed E-state index contributed by atoms with van der Waals surface area (Å²) in [4.78, 5) is 15.0. The molecule has 1 aromatic heterocycles. The average Bonchev–Trinajstić information content (AvgIpc) is 2.92. The normalized spacial score (nSPS) is 10.7. The van der Waals surface area contributed by atoms with Gasteiger partial charge in [-0.3, -0.25) is 15.2 Å². The maximum absolute atomic E-state index is 11.1. The highest BCUT2D eigenvalue weighted by Crippen LogP contribution is 2.33. The maximum atomic E-state index is 11.1. The molecule has 5 N–H and O–H groups in total. The molecule has 108 valence electrons. The van der Waals surface area contributed by atoms with Crippen molar-refractivity contribution in [1.82, 2.24) is 15.2 Å². The zero-order valence-corrected chi connectivity index (χ0v) is 11.3. The molecule has 0 aliphatic rings. The highest BCUT2D eigenvalue weighted by Gasteiger charge is 2.16. The third kappa shape index (κ3) is 4.01. The molecule has 1 heterocycles. The Bertz CT molecular complexity index is 693. The number of guanidine groups is 1. The topological polar surface area (TPSA) is 161 Å². The van der Waals surface area contributed by atoms with E-state index in [9.17, 15) is 10.1 Å². The minimum atomic E-state index is -0.489. The van der Waals surface area contributed by atoms with Gasteiger partial charge in [-0.05, 0) is 17.8 Å². The number of hydrogen-bond donors (Lipinski definition) is 3. The minimum absolute atomic E-state index is 0.0787. The van der Waals surface area contributed by atoms with Gasteiger partial charge < -0.3 is 11.5 Å². The SMILES string of the molecule is NC(N)=N/N=C\c1ccc(Sc2ncn[nH]2)c([N+](=O)[O-])c1. The first-order valence-electron chi connectivity index (χ1n) is 5.50. The Morgan fingerprint density at radius 3 is 2.90 bits per heavy atom. The lowest BCUT2D eigenvalue weighted by Gasteiger charge is -2.01. The predicted molar refractivity (Wildman–Crippen MR) is 77.0 cm³/mol. The van der Waals surface area contributed by atoms with Crippen LogP contribution in [0.15, 0.2) is 44.8 Å². The fraction of sp³-hybridized carbons (Fsp3) is 0. The molecule has 0 atom stereocenters. The van der Waals surface area contributed by atoms with Gasteiger partial charge in [-0.2, -0.15) is 10.2 Å². The largest absolute Gasteiger partial charge is 0.369 e. The summed E-state index contributed by atoms with van der Waals surface area (Å²) in [5.41, 5.74) is 10.7. The van der Waals surface area contributed by atoms with Crippen molar-refractivity contribution < 1.29 is 4.92 Å². The highest BCUT2D eigenvalue weighted by atomic mass is 32.2. The number of aromatic amines is 1. The first-order chi connectivity index (χ1) is 10.1. The molecule has 0 radical (unpaired) electrons. The summed E-state index contributed by atoms with van der Waals surface area (Å²) in [6, 6.07) is 4.60. The van der Waals surface area contributed by atoms with E-state index in [0.717, 1.165) is 11.8 Å². The number of nitro benzene ring substituents is 1. The van der Waals surface area contributed by atoms with Gasteiger partial charge in [0, 0.05) is 11.6 Å². The Balaban J connectivity index is 2.29. The number of nitrogens with zero attached hydrogens (tertiary/aromatic N) is 5. The zero-order valence-electron chi connectivity index (χ0n) is 10.5. The molecule has 0 bridgehead atoms. The second kappa shape index (κ2) is 6.47. The summed E-state index contributed by atoms with van der Waals surface area (Å²) in [5.74, 6) is -0.196. The van der Waals surface area contributed by atoms with E-state index in [1.54, 1.807) is 12.1 Å². The number of aromatic nitrogens is 3. The monoisotopic (exact) mass is 306 g/mol. The van der Waals surface area contributed by atoms with Crippen LogP contribution in [-0.4, -0.2) is 32.3 Å². The average molecular weight is 306 g/mol. The fourth-order valence-electron chi connectivity index (χ4n) is 1.35. The third-order valence-corrected chi connectivity index (χ3v) is 3.11. The van der Waals surface area contributed by atoms with Gasteiger partial charge in [0.25, 0.3) is 5.69 Å². The number of nitrogens with two attached hydrogens (primary N) is 2. The van der Waals surface area contributed by atoms with Gasteiger partial charge in [0.05, 0.1) is 16.0 Å².